The number of nitrogens with zero attached hydrogens (tertiary/aromatic N) is 1. The van der Waals surface area contributed by atoms with Crippen LogP contribution in [0.1, 0.15) is 45.6 Å². The molecule has 0 unspecified atom stereocenters. The molecule has 1 aromatic carbocycles. The van der Waals surface area contributed by atoms with Crippen LogP contribution >= 0.6 is 15.9 Å². The molecule has 9 nitrogen and oxygen atoms in total. The van der Waals surface area contributed by atoms with Gasteiger partial charge in [-0.15, -0.1) is 0 Å². The maximum absolute atomic E-state index is 13.9. The predicted molar refractivity (Wildman–Crippen MR) is 162 cm³/mol. The van der Waals surface area contributed by atoms with E-state index in [1.807, 2.05) is 24.3 Å². The van der Waals surface area contributed by atoms with Gasteiger partial charge in [0.15, 0.2) is 0 Å². The van der Waals surface area contributed by atoms with Crippen LogP contribution in [0.25, 0.3) is 0 Å². The fourth-order valence-corrected chi connectivity index (χ4v) is 4.44. The largest absolute Gasteiger partial charge is 0.445 e. The van der Waals surface area contributed by atoms with E-state index in [0.717, 1.165) is 11.6 Å². The number of unbranched alkanes of at least 4 members (excludes halogenated alkanes) is 1. The van der Waals surface area contributed by atoms with Crippen molar-refractivity contribution in [3.05, 3.63) is 42.5 Å². The minimum absolute atomic E-state index is 0.0696. The third kappa shape index (κ3) is 15.7. The molecule has 0 aliphatic carbocycles. The number of anilines is 1. The van der Waals surface area contributed by atoms with Crippen molar-refractivity contribution in [3.63, 3.8) is 0 Å². The van der Waals surface area contributed by atoms with Crippen molar-refractivity contribution in [1.82, 2.24) is 10.6 Å². The molecule has 0 aliphatic heterocycles. The summed E-state index contributed by atoms with van der Waals surface area (Å²) >= 11 is 3.45. The first-order valence-corrected chi connectivity index (χ1v) is 18.1. The van der Waals surface area contributed by atoms with Gasteiger partial charge in [0, 0.05) is 32.2 Å². The second-order valence-corrected chi connectivity index (χ2v) is 17.6. The normalized spacial score (nSPS) is 12.3. The Bertz CT molecular complexity index is 915. The van der Waals surface area contributed by atoms with Gasteiger partial charge in [-0.2, -0.15) is 0 Å². The monoisotopic (exact) mass is 627 g/mol. The highest BCUT2D eigenvalue weighted by Gasteiger charge is 2.29. The van der Waals surface area contributed by atoms with E-state index in [-0.39, 0.29) is 19.2 Å². The first kappa shape index (κ1) is 34.7. The van der Waals surface area contributed by atoms with Crippen LogP contribution in [0.3, 0.4) is 0 Å². The number of alkyl halides is 1. The van der Waals surface area contributed by atoms with Crippen LogP contribution in [-0.4, -0.2) is 64.3 Å². The fraction of sp³-hybridized carbons (Fsp3) is 0.607. The number of benzene rings is 1. The number of alkyl carbamates (subject to hydrolysis) is 2. The standard InChI is InChI=1S/C28H46BrN3O6Si/c1-8-17-37-26(34)30-16-10-9-11-24(31-27(35)38-28(2,3)4)25(33)32(21-36-18-19-39(5,6)7)23-14-12-22(20-29)13-15-23/h8,12-15,24H,1,9-11,16-21H2,2-7H3,(H,30,34)(H,31,35)/t24-/m0/s1. The molecule has 220 valence electrons. The molecule has 0 spiro atoms. The van der Waals surface area contributed by atoms with Gasteiger partial charge in [-0.05, 0) is 63.8 Å². The summed E-state index contributed by atoms with van der Waals surface area (Å²) in [6.45, 7) is 16.8. The molecule has 0 aliphatic rings. The summed E-state index contributed by atoms with van der Waals surface area (Å²) in [6, 6.07) is 7.77. The van der Waals surface area contributed by atoms with E-state index >= 15 is 0 Å². The predicted octanol–water partition coefficient (Wildman–Crippen LogP) is 6.20. The lowest BCUT2D eigenvalue weighted by atomic mass is 10.1. The molecule has 0 heterocycles. The van der Waals surface area contributed by atoms with Crippen molar-refractivity contribution >= 4 is 47.8 Å². The van der Waals surface area contributed by atoms with Gasteiger partial charge in [0.25, 0.3) is 5.91 Å². The Morgan fingerprint density at radius 3 is 2.33 bits per heavy atom. The Hall–Kier alpha value is -2.37. The zero-order valence-corrected chi connectivity index (χ0v) is 26.9. The lowest BCUT2D eigenvalue weighted by Crippen LogP contribution is -2.50. The zero-order chi connectivity index (χ0) is 29.5. The van der Waals surface area contributed by atoms with E-state index in [4.69, 9.17) is 14.2 Å². The molecule has 0 bridgehead atoms. The van der Waals surface area contributed by atoms with Crippen LogP contribution in [0.4, 0.5) is 15.3 Å². The van der Waals surface area contributed by atoms with Gasteiger partial charge < -0.3 is 24.8 Å². The van der Waals surface area contributed by atoms with E-state index in [9.17, 15) is 14.4 Å². The molecule has 0 radical (unpaired) electrons. The second kappa shape index (κ2) is 17.3. The second-order valence-electron chi connectivity index (χ2n) is 11.4. The summed E-state index contributed by atoms with van der Waals surface area (Å²) in [6.07, 6.45) is 1.82. The molecule has 1 aromatic rings. The Balaban J connectivity index is 3.01. The van der Waals surface area contributed by atoms with Gasteiger partial charge in [-0.3, -0.25) is 9.69 Å². The van der Waals surface area contributed by atoms with Gasteiger partial charge in [0.2, 0.25) is 0 Å². The van der Waals surface area contributed by atoms with Crippen LogP contribution in [0.2, 0.25) is 25.7 Å². The van der Waals surface area contributed by atoms with Crippen molar-refractivity contribution in [2.45, 2.75) is 82.7 Å². The van der Waals surface area contributed by atoms with Crippen LogP contribution in [0.15, 0.2) is 36.9 Å². The van der Waals surface area contributed by atoms with Crippen molar-refractivity contribution in [2.24, 2.45) is 0 Å². The highest BCUT2D eigenvalue weighted by molar-refractivity contribution is 9.08. The van der Waals surface area contributed by atoms with Gasteiger partial charge in [-0.25, -0.2) is 9.59 Å². The number of amides is 3. The Kier molecular flexibility index (Phi) is 15.4. The molecule has 1 atom stereocenters. The highest BCUT2D eigenvalue weighted by atomic mass is 79.9. The SMILES string of the molecule is C=CCOC(=O)NCCCC[C@H](NC(=O)OC(C)(C)C)C(=O)N(COCC[Si](C)(C)C)c1ccc(CBr)cc1. The Morgan fingerprint density at radius 1 is 1.10 bits per heavy atom. The fourth-order valence-electron chi connectivity index (χ4n) is 3.31. The van der Waals surface area contributed by atoms with Crippen molar-refractivity contribution in [3.8, 4) is 0 Å². The molecule has 0 fully saturated rings. The maximum atomic E-state index is 13.9. The summed E-state index contributed by atoms with van der Waals surface area (Å²) < 4.78 is 16.3. The molecule has 2 N–H and O–H groups in total. The van der Waals surface area contributed by atoms with Crippen molar-refractivity contribution < 1.29 is 28.6 Å². The molecule has 0 saturated heterocycles. The average Bonchev–Trinajstić information content (AvgIpc) is 2.84. The quantitative estimate of drug-likeness (QED) is 0.0743. The minimum Gasteiger partial charge on any atom is -0.445 e. The molecule has 39 heavy (non-hydrogen) atoms. The van der Waals surface area contributed by atoms with E-state index in [1.54, 1.807) is 25.7 Å². The van der Waals surface area contributed by atoms with Crippen LogP contribution in [0.5, 0.6) is 0 Å². The van der Waals surface area contributed by atoms with Gasteiger partial charge in [0.1, 0.15) is 25.0 Å². The van der Waals surface area contributed by atoms with Crippen LogP contribution in [-0.2, 0) is 24.3 Å². The number of hydrogen-bond donors (Lipinski definition) is 2. The lowest BCUT2D eigenvalue weighted by molar-refractivity contribution is -0.122. The van der Waals surface area contributed by atoms with Gasteiger partial charge in [-0.1, -0.05) is 60.4 Å². The summed E-state index contributed by atoms with van der Waals surface area (Å²) in [5.41, 5.74) is 1.05. The number of carbonyl (C=O) groups excluding carboxylic acids is 3. The topological polar surface area (TPSA) is 106 Å². The van der Waals surface area contributed by atoms with Gasteiger partial charge >= 0.3 is 12.2 Å². The number of rotatable bonds is 16. The number of halogens is 1. The van der Waals surface area contributed by atoms with E-state index in [1.165, 1.54) is 6.08 Å². The maximum Gasteiger partial charge on any atom is 0.408 e. The Morgan fingerprint density at radius 2 is 1.77 bits per heavy atom. The number of ether oxygens (including phenoxy) is 3. The average molecular weight is 629 g/mol. The third-order valence-corrected chi connectivity index (χ3v) is 7.75. The van der Waals surface area contributed by atoms with E-state index in [0.29, 0.717) is 43.4 Å². The molecule has 0 saturated carbocycles. The molecule has 1 rings (SSSR count). The summed E-state index contributed by atoms with van der Waals surface area (Å²) in [7, 11) is -1.31. The zero-order valence-electron chi connectivity index (χ0n) is 24.3. The van der Waals surface area contributed by atoms with E-state index in [2.05, 4.69) is 52.8 Å². The van der Waals surface area contributed by atoms with Crippen molar-refractivity contribution in [1.29, 1.82) is 0 Å². The van der Waals surface area contributed by atoms with Crippen LogP contribution < -0.4 is 15.5 Å². The summed E-state index contributed by atoms with van der Waals surface area (Å²) in [5, 5.41) is 6.12. The van der Waals surface area contributed by atoms with Crippen molar-refractivity contribution in [2.75, 3.05) is 31.4 Å². The number of carbonyl (C=O) groups is 3. The van der Waals surface area contributed by atoms with Gasteiger partial charge in [0.05, 0.1) is 0 Å². The molecular formula is C28H46BrN3O6Si. The third-order valence-electron chi connectivity index (χ3n) is 5.40. The minimum atomic E-state index is -1.31. The lowest BCUT2D eigenvalue weighted by Gasteiger charge is -2.29. The Labute approximate surface area is 243 Å². The van der Waals surface area contributed by atoms with Crippen LogP contribution in [0, 0.1) is 0 Å². The first-order chi connectivity index (χ1) is 18.3. The smallest absolute Gasteiger partial charge is 0.408 e. The molecule has 3 amide bonds. The van der Waals surface area contributed by atoms with E-state index < -0.39 is 31.9 Å². The molecule has 11 heteroatoms. The number of hydrogen-bond acceptors (Lipinski definition) is 6. The number of nitrogens with one attached hydrogen (secondary N) is 2. The molecule has 0 aromatic heterocycles. The first-order valence-electron chi connectivity index (χ1n) is 13.3. The molecular weight excluding hydrogens is 582 g/mol. The summed E-state index contributed by atoms with van der Waals surface area (Å²) in [5.74, 6) is -0.293. The highest BCUT2D eigenvalue weighted by Crippen LogP contribution is 2.20. The summed E-state index contributed by atoms with van der Waals surface area (Å²) in [4.78, 5) is 39.7.